The Morgan fingerprint density at radius 3 is 2.20 bits per heavy atom. The molecule has 2 heterocycles. The van der Waals surface area contributed by atoms with Gasteiger partial charge in [0, 0.05) is 0 Å². The van der Waals surface area contributed by atoms with Crippen LogP contribution in [0.4, 0.5) is 0 Å². The van der Waals surface area contributed by atoms with Crippen LogP contribution in [-0.2, 0) is 14.6 Å². The highest BCUT2D eigenvalue weighted by Gasteiger charge is 2.53. The van der Waals surface area contributed by atoms with Gasteiger partial charge in [0.15, 0.2) is 9.84 Å². The molecule has 5 rings (SSSR count). The van der Waals surface area contributed by atoms with Crippen LogP contribution < -0.4 is 0 Å². The molecule has 1 saturated heterocycles. The van der Waals surface area contributed by atoms with Crippen molar-refractivity contribution in [2.45, 2.75) is 28.8 Å². The molecule has 0 amide bonds. The molecule has 3 atom stereocenters. The molecular formula is C24H20O5S. The summed E-state index contributed by atoms with van der Waals surface area (Å²) in [4.78, 5) is 0.285. The summed E-state index contributed by atoms with van der Waals surface area (Å²) >= 11 is 0. The molecule has 2 N–H and O–H groups in total. The fraction of sp³-hybridized carbons (Fsp3) is 0.167. The number of fused-ring (bicyclic) bond motifs is 2. The van der Waals surface area contributed by atoms with Gasteiger partial charge in [-0.2, -0.15) is 0 Å². The first-order valence-corrected chi connectivity index (χ1v) is 11.3. The average Bonchev–Trinajstić information content (AvgIpc) is 3.34. The van der Waals surface area contributed by atoms with Gasteiger partial charge in [0.1, 0.15) is 17.6 Å². The fourth-order valence-corrected chi connectivity index (χ4v) is 6.31. The van der Waals surface area contributed by atoms with Crippen molar-refractivity contribution in [3.05, 3.63) is 90.0 Å². The number of sulfone groups is 1. The van der Waals surface area contributed by atoms with Crippen molar-refractivity contribution in [2.75, 3.05) is 0 Å². The van der Waals surface area contributed by atoms with Gasteiger partial charge >= 0.3 is 0 Å². The molecule has 2 aliphatic rings. The van der Waals surface area contributed by atoms with E-state index in [1.54, 1.807) is 72.8 Å². The second-order valence-electron chi connectivity index (χ2n) is 7.60. The highest BCUT2D eigenvalue weighted by molar-refractivity contribution is 7.92. The van der Waals surface area contributed by atoms with Crippen molar-refractivity contribution in [3.8, 4) is 11.5 Å². The van der Waals surface area contributed by atoms with Crippen LogP contribution in [0.3, 0.4) is 0 Å². The van der Waals surface area contributed by atoms with Gasteiger partial charge in [0.2, 0.25) is 0 Å². The molecule has 2 aliphatic heterocycles. The first-order valence-electron chi connectivity index (χ1n) is 9.72. The molecule has 0 unspecified atom stereocenters. The summed E-state index contributed by atoms with van der Waals surface area (Å²) in [6, 6.07) is 22.1. The zero-order valence-corrected chi connectivity index (χ0v) is 16.8. The maximum Gasteiger partial charge on any atom is 0.184 e. The first kappa shape index (κ1) is 18.9. The van der Waals surface area contributed by atoms with E-state index < -0.39 is 21.2 Å². The third-order valence-corrected chi connectivity index (χ3v) is 7.96. The average molecular weight is 420 g/mol. The molecular weight excluding hydrogens is 400 g/mol. The van der Waals surface area contributed by atoms with E-state index in [2.05, 4.69) is 0 Å². The lowest BCUT2D eigenvalue weighted by Gasteiger charge is -2.25. The van der Waals surface area contributed by atoms with Gasteiger partial charge in [0.25, 0.3) is 0 Å². The summed E-state index contributed by atoms with van der Waals surface area (Å²) in [5, 5.41) is 19.0. The molecule has 3 aromatic rings. The lowest BCUT2D eigenvalue weighted by atomic mass is 9.83. The minimum absolute atomic E-state index is 0.107. The van der Waals surface area contributed by atoms with Crippen LogP contribution in [0.15, 0.2) is 83.8 Å². The largest absolute Gasteiger partial charge is 0.508 e. The molecule has 0 saturated carbocycles. The Labute approximate surface area is 174 Å². The maximum atomic E-state index is 13.4. The van der Waals surface area contributed by atoms with E-state index in [4.69, 9.17) is 4.74 Å². The minimum Gasteiger partial charge on any atom is -0.508 e. The van der Waals surface area contributed by atoms with Crippen LogP contribution in [0.5, 0.6) is 11.5 Å². The molecule has 1 fully saturated rings. The quantitative estimate of drug-likeness (QED) is 0.666. The standard InChI is InChI=1S/C24H20O5S/c25-17-11-9-15(10-12-17)22-20-14-21(30(27,28)19-7-2-1-3-8-19)24(29-20)23(22)16-5-4-6-18(26)13-16/h1-13,20-21,24-26H,14H2/t20-,21+,24+/m1/s1. The Hall–Kier alpha value is -3.09. The Bertz CT molecular complexity index is 1230. The van der Waals surface area contributed by atoms with E-state index in [0.717, 1.165) is 22.3 Å². The van der Waals surface area contributed by atoms with E-state index in [0.29, 0.717) is 6.42 Å². The molecule has 0 radical (unpaired) electrons. The van der Waals surface area contributed by atoms with Crippen LogP contribution >= 0.6 is 0 Å². The third kappa shape index (κ3) is 3.00. The van der Waals surface area contributed by atoms with Crippen LogP contribution in [0, 0.1) is 0 Å². The van der Waals surface area contributed by atoms with Crippen molar-refractivity contribution < 1.29 is 23.4 Å². The van der Waals surface area contributed by atoms with Gasteiger partial charge < -0.3 is 14.9 Å². The Morgan fingerprint density at radius 2 is 1.50 bits per heavy atom. The SMILES string of the molecule is O=S(=O)(c1ccccc1)[C@H]1C[C@H]2O[C@@H]1C(c1cccc(O)c1)=C2c1ccc(O)cc1. The Balaban J connectivity index is 1.66. The van der Waals surface area contributed by atoms with Gasteiger partial charge in [-0.3, -0.25) is 0 Å². The second-order valence-corrected chi connectivity index (χ2v) is 9.77. The molecule has 0 spiro atoms. The summed E-state index contributed by atoms with van der Waals surface area (Å²) in [6.45, 7) is 0. The summed E-state index contributed by atoms with van der Waals surface area (Å²) < 4.78 is 32.9. The first-order chi connectivity index (χ1) is 14.4. The summed E-state index contributed by atoms with van der Waals surface area (Å²) in [5.41, 5.74) is 3.29. The number of benzene rings is 3. The van der Waals surface area contributed by atoms with Crippen LogP contribution in [0.25, 0.3) is 11.1 Å². The Kier molecular flexibility index (Phi) is 4.41. The normalized spacial score (nSPS) is 23.1. The highest BCUT2D eigenvalue weighted by atomic mass is 32.2. The number of ether oxygens (including phenoxy) is 1. The van der Waals surface area contributed by atoms with Gasteiger partial charge in [-0.1, -0.05) is 42.5 Å². The Morgan fingerprint density at radius 1 is 0.767 bits per heavy atom. The number of hydrogen-bond donors (Lipinski definition) is 2. The van der Waals surface area contributed by atoms with Crippen molar-refractivity contribution in [3.63, 3.8) is 0 Å². The van der Waals surface area contributed by atoms with E-state index in [-0.39, 0.29) is 22.5 Å². The van der Waals surface area contributed by atoms with Crippen molar-refractivity contribution in [1.29, 1.82) is 0 Å². The lowest BCUT2D eigenvalue weighted by Crippen LogP contribution is -2.32. The highest BCUT2D eigenvalue weighted by Crippen LogP contribution is 2.51. The molecule has 0 aromatic heterocycles. The van der Waals surface area contributed by atoms with Crippen LogP contribution in [0.2, 0.25) is 0 Å². The van der Waals surface area contributed by atoms with Crippen LogP contribution in [0.1, 0.15) is 17.5 Å². The smallest absolute Gasteiger partial charge is 0.184 e. The monoisotopic (exact) mass is 420 g/mol. The maximum absolute atomic E-state index is 13.4. The number of phenols is 2. The second kappa shape index (κ2) is 7.00. The van der Waals surface area contributed by atoms with Crippen molar-refractivity contribution in [1.82, 2.24) is 0 Å². The summed E-state index contributed by atoms with van der Waals surface area (Å²) in [5.74, 6) is 0.266. The van der Waals surface area contributed by atoms with E-state index in [9.17, 15) is 18.6 Å². The van der Waals surface area contributed by atoms with Crippen LogP contribution in [-0.4, -0.2) is 36.1 Å². The molecule has 0 aliphatic carbocycles. The lowest BCUT2D eigenvalue weighted by molar-refractivity contribution is 0.128. The number of rotatable bonds is 4. The molecule has 30 heavy (non-hydrogen) atoms. The van der Waals surface area contributed by atoms with E-state index in [1.165, 1.54) is 0 Å². The van der Waals surface area contributed by atoms with E-state index in [1.807, 2.05) is 6.07 Å². The zero-order chi connectivity index (χ0) is 20.9. The summed E-state index contributed by atoms with van der Waals surface area (Å²) in [6.07, 6.45) is -0.647. The predicted octanol–water partition coefficient (Wildman–Crippen LogP) is 4.02. The molecule has 5 nitrogen and oxygen atoms in total. The predicted molar refractivity (Wildman–Crippen MR) is 114 cm³/mol. The van der Waals surface area contributed by atoms with Gasteiger partial charge in [-0.05, 0) is 65.1 Å². The molecule has 152 valence electrons. The summed E-state index contributed by atoms with van der Waals surface area (Å²) in [7, 11) is -3.59. The zero-order valence-electron chi connectivity index (χ0n) is 16.0. The van der Waals surface area contributed by atoms with E-state index >= 15 is 0 Å². The molecule has 2 bridgehead atoms. The third-order valence-electron chi connectivity index (χ3n) is 5.80. The molecule has 6 heteroatoms. The van der Waals surface area contributed by atoms with Crippen molar-refractivity contribution in [2.24, 2.45) is 0 Å². The number of aromatic hydroxyl groups is 2. The van der Waals surface area contributed by atoms with Gasteiger partial charge in [-0.25, -0.2) is 8.42 Å². The van der Waals surface area contributed by atoms with Crippen molar-refractivity contribution >= 4 is 21.0 Å². The van der Waals surface area contributed by atoms with Gasteiger partial charge in [0.05, 0.1) is 16.2 Å². The fourth-order valence-electron chi connectivity index (χ4n) is 4.47. The topological polar surface area (TPSA) is 83.8 Å². The minimum atomic E-state index is -3.59. The van der Waals surface area contributed by atoms with Gasteiger partial charge in [-0.15, -0.1) is 0 Å². The number of hydrogen-bond acceptors (Lipinski definition) is 5. The molecule has 3 aromatic carbocycles. The number of phenolic OH excluding ortho intramolecular Hbond substituents is 2.